The first kappa shape index (κ1) is 21.4. The van der Waals surface area contributed by atoms with Gasteiger partial charge in [-0.3, -0.25) is 4.79 Å². The molecule has 2 aromatic carbocycles. The largest absolute Gasteiger partial charge is 0.497 e. The minimum absolute atomic E-state index is 0.0489. The number of aromatic nitrogens is 3. The van der Waals surface area contributed by atoms with Crippen LogP contribution in [0.4, 0.5) is 13.2 Å². The van der Waals surface area contributed by atoms with Gasteiger partial charge >= 0.3 is 11.9 Å². The van der Waals surface area contributed by atoms with Crippen molar-refractivity contribution in [3.63, 3.8) is 0 Å². The van der Waals surface area contributed by atoms with Crippen molar-refractivity contribution in [2.24, 2.45) is 0 Å². The van der Waals surface area contributed by atoms with E-state index in [1.165, 1.54) is 19.2 Å². The number of methoxy groups -OCH3 is 1. The molecule has 0 amide bonds. The topological polar surface area (TPSA) is 89.9 Å². The van der Waals surface area contributed by atoms with E-state index in [2.05, 4.69) is 5.10 Å². The molecule has 7 nitrogen and oxygen atoms in total. The van der Waals surface area contributed by atoms with Gasteiger partial charge in [0.25, 0.3) is 5.56 Å². The zero-order valence-electron chi connectivity index (χ0n) is 17.1. The highest BCUT2D eigenvalue weighted by molar-refractivity contribution is 5.45. The van der Waals surface area contributed by atoms with Gasteiger partial charge in [-0.2, -0.15) is 23.1 Å². The molecule has 1 aliphatic carbocycles. The molecule has 1 heterocycles. The Balaban J connectivity index is 1.96. The molecule has 164 valence electrons. The third kappa shape index (κ3) is 3.36. The number of aryl methyl sites for hydroxylation is 1. The van der Waals surface area contributed by atoms with Crippen LogP contribution in [0.1, 0.15) is 40.4 Å². The SMILES string of the molecule is COc1ccc(-n2nc(C#N)c(=O)n(C3CCc4c3cccc4C(F)(F)F)c2=O)c(C)c1. The smallest absolute Gasteiger partial charge is 0.416 e. The van der Waals surface area contributed by atoms with Crippen LogP contribution in [0.2, 0.25) is 0 Å². The Morgan fingerprint density at radius 1 is 1.22 bits per heavy atom. The van der Waals surface area contributed by atoms with Crippen LogP contribution < -0.4 is 16.0 Å². The third-order valence-electron chi connectivity index (χ3n) is 5.60. The molecule has 0 bridgehead atoms. The lowest BCUT2D eigenvalue weighted by Crippen LogP contribution is -2.44. The number of hydrogen-bond acceptors (Lipinski definition) is 5. The van der Waals surface area contributed by atoms with Crippen molar-refractivity contribution in [2.75, 3.05) is 7.11 Å². The molecule has 3 aromatic rings. The van der Waals surface area contributed by atoms with Gasteiger partial charge in [0.05, 0.1) is 24.4 Å². The van der Waals surface area contributed by atoms with Gasteiger partial charge in [-0.1, -0.05) is 12.1 Å². The van der Waals surface area contributed by atoms with Gasteiger partial charge in [-0.25, -0.2) is 9.36 Å². The number of ether oxygens (including phenoxy) is 1. The predicted molar refractivity (Wildman–Crippen MR) is 108 cm³/mol. The summed E-state index contributed by atoms with van der Waals surface area (Å²) in [4.78, 5) is 26.2. The Bertz CT molecular complexity index is 1380. The maximum Gasteiger partial charge on any atom is 0.416 e. The molecule has 0 fully saturated rings. The predicted octanol–water partition coefficient (Wildman–Crippen LogP) is 3.14. The number of rotatable bonds is 3. The Morgan fingerprint density at radius 3 is 2.59 bits per heavy atom. The second kappa shape index (κ2) is 7.67. The molecule has 1 unspecified atom stereocenters. The van der Waals surface area contributed by atoms with Crippen LogP contribution >= 0.6 is 0 Å². The van der Waals surface area contributed by atoms with Crippen LogP contribution in [0.3, 0.4) is 0 Å². The van der Waals surface area contributed by atoms with Gasteiger partial charge in [0, 0.05) is 0 Å². The normalized spacial score (nSPS) is 15.3. The molecular weight excluding hydrogens is 425 g/mol. The number of nitrogens with zero attached hydrogens (tertiary/aromatic N) is 4. The van der Waals surface area contributed by atoms with Crippen LogP contribution in [-0.2, 0) is 12.6 Å². The average molecular weight is 442 g/mol. The Labute approximate surface area is 179 Å². The van der Waals surface area contributed by atoms with Gasteiger partial charge in [-0.15, -0.1) is 5.10 Å². The van der Waals surface area contributed by atoms with Gasteiger partial charge in [0.15, 0.2) is 0 Å². The van der Waals surface area contributed by atoms with Gasteiger partial charge in [0.1, 0.15) is 11.8 Å². The first-order valence-corrected chi connectivity index (χ1v) is 9.67. The first-order valence-electron chi connectivity index (χ1n) is 9.67. The number of hydrogen-bond donors (Lipinski definition) is 0. The number of alkyl halides is 3. The fourth-order valence-electron chi connectivity index (χ4n) is 4.15. The second-order valence-electron chi connectivity index (χ2n) is 7.41. The van der Waals surface area contributed by atoms with Crippen LogP contribution in [-0.4, -0.2) is 21.5 Å². The van der Waals surface area contributed by atoms with E-state index in [1.54, 1.807) is 31.2 Å². The standard InChI is InChI=1S/C22H17F3N4O3/c1-12-10-13(32-2)6-8-18(12)29-21(31)28(20(30)17(11-26)27-29)19-9-7-14-15(19)4-3-5-16(14)22(23,24)25/h3-6,8,10,19H,7,9H2,1-2H3. The summed E-state index contributed by atoms with van der Waals surface area (Å²) >= 11 is 0. The van der Waals surface area contributed by atoms with Crippen molar-refractivity contribution >= 4 is 0 Å². The number of halogens is 3. The summed E-state index contributed by atoms with van der Waals surface area (Å²) in [6, 6.07) is 9.28. The highest BCUT2D eigenvalue weighted by Crippen LogP contribution is 2.41. The van der Waals surface area contributed by atoms with E-state index in [0.29, 0.717) is 17.0 Å². The van der Waals surface area contributed by atoms with Crippen molar-refractivity contribution in [3.05, 3.63) is 85.2 Å². The van der Waals surface area contributed by atoms with E-state index >= 15 is 0 Å². The maximum absolute atomic E-state index is 13.4. The number of benzene rings is 2. The Kier molecular flexibility index (Phi) is 5.12. The second-order valence-corrected chi connectivity index (χ2v) is 7.41. The van der Waals surface area contributed by atoms with Crippen LogP contribution in [0, 0.1) is 18.3 Å². The molecule has 1 aliphatic rings. The maximum atomic E-state index is 13.4. The fraction of sp³-hybridized carbons (Fsp3) is 0.273. The molecule has 0 radical (unpaired) electrons. The summed E-state index contributed by atoms with van der Waals surface area (Å²) < 4.78 is 47.3. The molecule has 32 heavy (non-hydrogen) atoms. The van der Waals surface area contributed by atoms with Crippen LogP contribution in [0.15, 0.2) is 46.0 Å². The molecule has 1 aromatic heterocycles. The first-order chi connectivity index (χ1) is 15.2. The Morgan fingerprint density at radius 2 is 1.97 bits per heavy atom. The minimum atomic E-state index is -4.55. The van der Waals surface area contributed by atoms with E-state index in [0.717, 1.165) is 15.3 Å². The highest BCUT2D eigenvalue weighted by Gasteiger charge is 2.38. The van der Waals surface area contributed by atoms with E-state index in [9.17, 15) is 28.0 Å². The highest BCUT2D eigenvalue weighted by atomic mass is 19.4. The summed E-state index contributed by atoms with van der Waals surface area (Å²) in [7, 11) is 1.49. The van der Waals surface area contributed by atoms with E-state index in [-0.39, 0.29) is 24.0 Å². The average Bonchev–Trinajstić information content (AvgIpc) is 3.17. The summed E-state index contributed by atoms with van der Waals surface area (Å²) in [6.45, 7) is 1.70. The summed E-state index contributed by atoms with van der Waals surface area (Å²) in [5, 5.41) is 13.3. The van der Waals surface area contributed by atoms with Crippen LogP contribution in [0.25, 0.3) is 5.69 Å². The molecule has 0 spiro atoms. The van der Waals surface area contributed by atoms with E-state index in [1.807, 2.05) is 0 Å². The van der Waals surface area contributed by atoms with Crippen molar-refractivity contribution in [1.82, 2.24) is 14.3 Å². The van der Waals surface area contributed by atoms with Gasteiger partial charge in [0.2, 0.25) is 5.69 Å². The van der Waals surface area contributed by atoms with Crippen LogP contribution in [0.5, 0.6) is 5.75 Å². The summed E-state index contributed by atoms with van der Waals surface area (Å²) in [5.74, 6) is 0.539. The zero-order chi connectivity index (χ0) is 23.2. The molecular formula is C22H17F3N4O3. The lowest BCUT2D eigenvalue weighted by Gasteiger charge is -2.18. The van der Waals surface area contributed by atoms with Crippen molar-refractivity contribution in [1.29, 1.82) is 5.26 Å². The minimum Gasteiger partial charge on any atom is -0.497 e. The monoisotopic (exact) mass is 442 g/mol. The zero-order valence-corrected chi connectivity index (χ0v) is 17.1. The van der Waals surface area contributed by atoms with Gasteiger partial charge < -0.3 is 4.74 Å². The fourth-order valence-corrected chi connectivity index (χ4v) is 4.15. The molecule has 4 rings (SSSR count). The quantitative estimate of drug-likeness (QED) is 0.622. The van der Waals surface area contributed by atoms with Crippen molar-refractivity contribution < 1.29 is 17.9 Å². The van der Waals surface area contributed by atoms with E-state index in [4.69, 9.17) is 4.74 Å². The summed E-state index contributed by atoms with van der Waals surface area (Å²) in [6.07, 6.45) is -4.39. The molecule has 0 saturated heterocycles. The molecule has 1 atom stereocenters. The van der Waals surface area contributed by atoms with Crippen molar-refractivity contribution in [2.45, 2.75) is 32.0 Å². The molecule has 10 heteroatoms. The van der Waals surface area contributed by atoms with Crippen molar-refractivity contribution in [3.8, 4) is 17.5 Å². The summed E-state index contributed by atoms with van der Waals surface area (Å²) in [5.41, 5.74) is -1.87. The molecule has 0 N–H and O–H groups in total. The molecule has 0 saturated carbocycles. The number of fused-ring (bicyclic) bond motifs is 1. The third-order valence-corrected chi connectivity index (χ3v) is 5.60. The Hall–Kier alpha value is -3.87. The number of nitriles is 1. The lowest BCUT2D eigenvalue weighted by molar-refractivity contribution is -0.138. The van der Waals surface area contributed by atoms with E-state index < -0.39 is 34.7 Å². The molecule has 0 aliphatic heterocycles. The lowest BCUT2D eigenvalue weighted by atomic mass is 10.0. The van der Waals surface area contributed by atoms with Gasteiger partial charge in [-0.05, 0) is 60.7 Å².